The second-order valence-electron chi connectivity index (χ2n) is 2.55. The Morgan fingerprint density at radius 2 is 1.88 bits per heavy atom. The fourth-order valence-electron chi connectivity index (χ4n) is 0.909. The van der Waals surface area contributed by atoms with Crippen LogP contribution in [0.5, 0.6) is 5.75 Å². The topological polar surface area (TPSA) is 52.3 Å². The lowest BCUT2D eigenvalue weighted by molar-refractivity contribution is -0.274. The van der Waals surface area contributed by atoms with E-state index < -0.39 is 29.4 Å². The number of carbonyl (C=O) groups is 1. The quantitative estimate of drug-likeness (QED) is 0.828. The van der Waals surface area contributed by atoms with Crippen LogP contribution < -0.4 is 10.5 Å². The SMILES string of the molecule is Cl.NC(=O)c1ccc(F)cc1OC(F)(F)F. The first-order valence-electron chi connectivity index (χ1n) is 3.65. The predicted molar refractivity (Wildman–Crippen MR) is 48.8 cm³/mol. The summed E-state index contributed by atoms with van der Waals surface area (Å²) in [7, 11) is 0. The zero-order valence-corrected chi connectivity index (χ0v) is 8.36. The molecule has 0 spiro atoms. The van der Waals surface area contributed by atoms with Crippen molar-refractivity contribution in [3.05, 3.63) is 29.6 Å². The number of amides is 1. The zero-order valence-electron chi connectivity index (χ0n) is 7.55. The van der Waals surface area contributed by atoms with Gasteiger partial charge in [0.1, 0.15) is 11.6 Å². The van der Waals surface area contributed by atoms with Crippen molar-refractivity contribution in [2.24, 2.45) is 5.73 Å². The van der Waals surface area contributed by atoms with E-state index in [-0.39, 0.29) is 12.4 Å². The second kappa shape index (κ2) is 5.02. The number of alkyl halides is 3. The molecule has 16 heavy (non-hydrogen) atoms. The van der Waals surface area contributed by atoms with Gasteiger partial charge in [-0.15, -0.1) is 25.6 Å². The van der Waals surface area contributed by atoms with E-state index in [2.05, 4.69) is 4.74 Å². The molecule has 0 fully saturated rings. The summed E-state index contributed by atoms with van der Waals surface area (Å²) < 4.78 is 51.5. The Morgan fingerprint density at radius 1 is 1.31 bits per heavy atom. The minimum atomic E-state index is -5.00. The van der Waals surface area contributed by atoms with Gasteiger partial charge in [-0.25, -0.2) is 4.39 Å². The van der Waals surface area contributed by atoms with Crippen LogP contribution in [0, 0.1) is 5.82 Å². The highest BCUT2D eigenvalue weighted by Crippen LogP contribution is 2.26. The Bertz CT molecular complexity index is 394. The highest BCUT2D eigenvalue weighted by Gasteiger charge is 2.32. The van der Waals surface area contributed by atoms with Crippen molar-refractivity contribution in [3.63, 3.8) is 0 Å². The number of primary amides is 1. The number of hydrogen-bond acceptors (Lipinski definition) is 2. The molecule has 0 atom stereocenters. The summed E-state index contributed by atoms with van der Waals surface area (Å²) >= 11 is 0. The molecule has 0 heterocycles. The van der Waals surface area contributed by atoms with Crippen LogP contribution in [0.4, 0.5) is 17.6 Å². The maximum Gasteiger partial charge on any atom is 0.573 e. The van der Waals surface area contributed by atoms with Gasteiger partial charge in [-0.1, -0.05) is 0 Å². The maximum absolute atomic E-state index is 12.6. The highest BCUT2D eigenvalue weighted by atomic mass is 35.5. The first-order chi connectivity index (χ1) is 6.79. The van der Waals surface area contributed by atoms with E-state index >= 15 is 0 Å². The molecule has 0 saturated heterocycles. The molecule has 0 bridgehead atoms. The van der Waals surface area contributed by atoms with Gasteiger partial charge < -0.3 is 10.5 Å². The van der Waals surface area contributed by atoms with E-state index in [0.717, 1.165) is 12.1 Å². The average Bonchev–Trinajstić information content (AvgIpc) is 1.99. The minimum absolute atomic E-state index is 0. The number of ether oxygens (including phenoxy) is 1. The largest absolute Gasteiger partial charge is 0.573 e. The normalized spacial score (nSPS) is 10.5. The Labute approximate surface area is 93.6 Å². The van der Waals surface area contributed by atoms with Crippen molar-refractivity contribution in [1.29, 1.82) is 0 Å². The lowest BCUT2D eigenvalue weighted by Crippen LogP contribution is -2.21. The van der Waals surface area contributed by atoms with Crippen LogP contribution in [0.25, 0.3) is 0 Å². The van der Waals surface area contributed by atoms with Crippen LogP contribution in [0.1, 0.15) is 10.4 Å². The number of benzene rings is 1. The molecule has 3 nitrogen and oxygen atoms in total. The van der Waals surface area contributed by atoms with E-state index in [1.807, 2.05) is 0 Å². The molecule has 0 aliphatic rings. The molecule has 1 aromatic carbocycles. The lowest BCUT2D eigenvalue weighted by atomic mass is 10.2. The molecule has 1 amide bonds. The van der Waals surface area contributed by atoms with Gasteiger partial charge in [0.05, 0.1) is 5.56 Å². The zero-order chi connectivity index (χ0) is 11.6. The van der Waals surface area contributed by atoms with E-state index in [0.29, 0.717) is 6.07 Å². The molecule has 0 aliphatic carbocycles. The van der Waals surface area contributed by atoms with Crippen molar-refractivity contribution in [2.45, 2.75) is 6.36 Å². The minimum Gasteiger partial charge on any atom is -0.405 e. The van der Waals surface area contributed by atoms with Gasteiger partial charge in [-0.05, 0) is 12.1 Å². The van der Waals surface area contributed by atoms with Gasteiger partial charge in [0.25, 0.3) is 5.91 Å². The van der Waals surface area contributed by atoms with E-state index in [1.54, 1.807) is 0 Å². The van der Waals surface area contributed by atoms with Crippen molar-refractivity contribution in [2.75, 3.05) is 0 Å². The van der Waals surface area contributed by atoms with Crippen LogP contribution >= 0.6 is 12.4 Å². The van der Waals surface area contributed by atoms with E-state index in [1.165, 1.54) is 0 Å². The van der Waals surface area contributed by atoms with Crippen molar-refractivity contribution in [1.82, 2.24) is 0 Å². The van der Waals surface area contributed by atoms with Crippen LogP contribution in [0.15, 0.2) is 18.2 Å². The summed E-state index contributed by atoms with van der Waals surface area (Å²) in [5.74, 6) is -3.04. The standard InChI is InChI=1S/C8H5F4NO2.ClH/c9-4-1-2-5(7(13)14)6(3-4)15-8(10,11)12;/h1-3H,(H2,13,14);1H. The summed E-state index contributed by atoms with van der Waals surface area (Å²) in [6.07, 6.45) is -5.00. The van der Waals surface area contributed by atoms with Gasteiger partial charge in [0, 0.05) is 6.07 Å². The number of rotatable bonds is 2. The molecule has 2 N–H and O–H groups in total. The van der Waals surface area contributed by atoms with Gasteiger partial charge in [-0.2, -0.15) is 0 Å². The predicted octanol–water partition coefficient (Wildman–Crippen LogP) is 2.25. The van der Waals surface area contributed by atoms with Crippen LogP contribution in [0.3, 0.4) is 0 Å². The number of hydrogen-bond donors (Lipinski definition) is 1. The summed E-state index contributed by atoms with van der Waals surface area (Å²) in [6.45, 7) is 0. The number of halogens is 5. The fourth-order valence-corrected chi connectivity index (χ4v) is 0.909. The summed E-state index contributed by atoms with van der Waals surface area (Å²) in [6, 6.07) is 2.07. The number of nitrogens with two attached hydrogens (primary N) is 1. The molecule has 0 aromatic heterocycles. The first-order valence-corrected chi connectivity index (χ1v) is 3.65. The molecule has 1 aromatic rings. The Morgan fingerprint density at radius 3 is 2.31 bits per heavy atom. The van der Waals surface area contributed by atoms with E-state index in [9.17, 15) is 22.4 Å². The van der Waals surface area contributed by atoms with E-state index in [4.69, 9.17) is 5.73 Å². The third-order valence-corrected chi connectivity index (χ3v) is 1.43. The molecular weight excluding hydrogens is 254 g/mol. The van der Waals surface area contributed by atoms with Crippen LogP contribution in [-0.4, -0.2) is 12.3 Å². The molecule has 0 unspecified atom stereocenters. The molecule has 0 saturated carbocycles. The Balaban J connectivity index is 0.00000225. The van der Waals surface area contributed by atoms with Crippen molar-refractivity contribution in [3.8, 4) is 5.75 Å². The number of carbonyl (C=O) groups excluding carboxylic acids is 1. The van der Waals surface area contributed by atoms with Gasteiger partial charge in [0.15, 0.2) is 0 Å². The average molecular weight is 260 g/mol. The maximum atomic E-state index is 12.6. The smallest absolute Gasteiger partial charge is 0.405 e. The lowest BCUT2D eigenvalue weighted by Gasteiger charge is -2.11. The van der Waals surface area contributed by atoms with Gasteiger partial charge in [0.2, 0.25) is 0 Å². The third kappa shape index (κ3) is 3.93. The Kier molecular flexibility index (Phi) is 4.55. The third-order valence-electron chi connectivity index (χ3n) is 1.43. The highest BCUT2D eigenvalue weighted by molar-refractivity contribution is 5.95. The fraction of sp³-hybridized carbons (Fsp3) is 0.125. The molecule has 1 rings (SSSR count). The van der Waals surface area contributed by atoms with Crippen LogP contribution in [0.2, 0.25) is 0 Å². The van der Waals surface area contributed by atoms with Gasteiger partial charge in [-0.3, -0.25) is 4.79 Å². The second-order valence-corrected chi connectivity index (χ2v) is 2.55. The van der Waals surface area contributed by atoms with Crippen molar-refractivity contribution >= 4 is 18.3 Å². The monoisotopic (exact) mass is 259 g/mol. The Hall–Kier alpha value is -1.50. The molecular formula is C8H6ClF4NO2. The molecule has 90 valence electrons. The molecule has 0 radical (unpaired) electrons. The van der Waals surface area contributed by atoms with Gasteiger partial charge >= 0.3 is 6.36 Å². The molecule has 0 aliphatic heterocycles. The summed E-state index contributed by atoms with van der Waals surface area (Å²) in [5, 5.41) is 0. The summed E-state index contributed by atoms with van der Waals surface area (Å²) in [4.78, 5) is 10.7. The van der Waals surface area contributed by atoms with Crippen LogP contribution in [-0.2, 0) is 0 Å². The molecule has 8 heteroatoms. The summed E-state index contributed by atoms with van der Waals surface area (Å²) in [5.41, 5.74) is 4.24. The first kappa shape index (κ1) is 14.5. The van der Waals surface area contributed by atoms with Crippen molar-refractivity contribution < 1.29 is 27.1 Å².